The van der Waals surface area contributed by atoms with Crippen molar-refractivity contribution in [3.8, 4) is 33.4 Å². The van der Waals surface area contributed by atoms with Crippen LogP contribution in [0.4, 0.5) is 17.1 Å². The molecule has 0 unspecified atom stereocenters. The van der Waals surface area contributed by atoms with Gasteiger partial charge in [0.05, 0.1) is 5.69 Å². The van der Waals surface area contributed by atoms with Gasteiger partial charge in [0.2, 0.25) is 0 Å². The molecule has 0 N–H and O–H groups in total. The second kappa shape index (κ2) is 11.6. The van der Waals surface area contributed by atoms with E-state index < -0.39 is 0 Å². The van der Waals surface area contributed by atoms with Gasteiger partial charge < -0.3 is 4.90 Å². The van der Waals surface area contributed by atoms with Crippen LogP contribution in [0.2, 0.25) is 0 Å². The summed E-state index contributed by atoms with van der Waals surface area (Å²) < 4.78 is 2.66. The molecule has 2 heteroatoms. The monoisotopic (exact) mass is 669 g/mol. The van der Waals surface area contributed by atoms with Crippen LogP contribution in [0.3, 0.4) is 0 Å². The maximum Gasteiger partial charge on any atom is 0.0546 e. The van der Waals surface area contributed by atoms with E-state index >= 15 is 0 Å². The Balaban J connectivity index is 1.16. The second-order valence-corrected chi connectivity index (χ2v) is 15.2. The second-order valence-electron chi connectivity index (χ2n) is 14.1. The summed E-state index contributed by atoms with van der Waals surface area (Å²) in [5.74, 6) is 0. The van der Waals surface area contributed by atoms with Crippen molar-refractivity contribution in [3.05, 3.63) is 187 Å². The highest BCUT2D eigenvalue weighted by Gasteiger charge is 2.36. The van der Waals surface area contributed by atoms with Crippen molar-refractivity contribution in [1.82, 2.24) is 0 Å². The fourth-order valence-electron chi connectivity index (χ4n) is 8.32. The predicted octanol–water partition coefficient (Wildman–Crippen LogP) is 14.3. The van der Waals surface area contributed by atoms with E-state index in [1.807, 2.05) is 11.3 Å². The van der Waals surface area contributed by atoms with Gasteiger partial charge in [-0.05, 0) is 92.2 Å². The quantitative estimate of drug-likeness (QED) is 0.176. The molecule has 1 aliphatic rings. The minimum atomic E-state index is -0.103. The molecule has 8 aromatic carbocycles. The van der Waals surface area contributed by atoms with Gasteiger partial charge in [-0.25, -0.2) is 0 Å². The van der Waals surface area contributed by atoms with Crippen molar-refractivity contribution >= 4 is 59.3 Å². The molecule has 0 aliphatic heterocycles. The van der Waals surface area contributed by atoms with Crippen molar-refractivity contribution < 1.29 is 0 Å². The SMILES string of the molecule is CC1(C)c2ccccc2-c2ccc(N(c3ccc(-c4ccc5c(c4)sc4ccccc45)cc3)c3ccc4ccccc4c3-c3ccccc3)cc21. The van der Waals surface area contributed by atoms with E-state index in [4.69, 9.17) is 0 Å². The van der Waals surface area contributed by atoms with Crippen LogP contribution < -0.4 is 4.90 Å². The fourth-order valence-corrected chi connectivity index (χ4v) is 9.47. The molecular weight excluding hydrogens is 635 g/mol. The zero-order chi connectivity index (χ0) is 34.1. The summed E-state index contributed by atoms with van der Waals surface area (Å²) >= 11 is 1.87. The molecule has 1 heterocycles. The summed E-state index contributed by atoms with van der Waals surface area (Å²) in [4.78, 5) is 2.47. The Kier molecular flexibility index (Phi) is 6.78. The van der Waals surface area contributed by atoms with Crippen molar-refractivity contribution in [1.29, 1.82) is 0 Å². The lowest BCUT2D eigenvalue weighted by Gasteiger charge is -2.30. The number of anilines is 3. The third kappa shape index (κ3) is 4.75. The molecule has 1 nitrogen and oxygen atoms in total. The number of nitrogens with zero attached hydrogens (tertiary/aromatic N) is 1. The number of rotatable bonds is 5. The molecule has 0 spiro atoms. The molecule has 1 aliphatic carbocycles. The van der Waals surface area contributed by atoms with Crippen LogP contribution in [0.1, 0.15) is 25.0 Å². The molecule has 0 fully saturated rings. The van der Waals surface area contributed by atoms with Crippen LogP contribution in [0, 0.1) is 0 Å². The van der Waals surface area contributed by atoms with Gasteiger partial charge in [0, 0.05) is 42.5 Å². The van der Waals surface area contributed by atoms with Gasteiger partial charge in [-0.1, -0.05) is 147 Å². The Labute approximate surface area is 302 Å². The molecule has 242 valence electrons. The highest BCUT2D eigenvalue weighted by atomic mass is 32.1. The molecule has 10 rings (SSSR count). The first-order chi connectivity index (χ1) is 25.0. The van der Waals surface area contributed by atoms with Gasteiger partial charge >= 0.3 is 0 Å². The van der Waals surface area contributed by atoms with E-state index in [9.17, 15) is 0 Å². The Morgan fingerprint density at radius 2 is 1.10 bits per heavy atom. The topological polar surface area (TPSA) is 3.24 Å². The van der Waals surface area contributed by atoms with E-state index in [1.54, 1.807) is 0 Å². The lowest BCUT2D eigenvalue weighted by molar-refractivity contribution is 0.660. The smallest absolute Gasteiger partial charge is 0.0546 e. The molecule has 51 heavy (non-hydrogen) atoms. The first kappa shape index (κ1) is 29.9. The fraction of sp³-hybridized carbons (Fsp3) is 0.0612. The maximum atomic E-state index is 2.47. The first-order valence-electron chi connectivity index (χ1n) is 17.7. The Hall–Kier alpha value is -5.96. The van der Waals surface area contributed by atoms with Gasteiger partial charge in [0.15, 0.2) is 0 Å². The third-order valence-corrected chi connectivity index (χ3v) is 12.0. The summed E-state index contributed by atoms with van der Waals surface area (Å²) in [5, 5.41) is 5.14. The third-order valence-electron chi connectivity index (χ3n) is 10.9. The van der Waals surface area contributed by atoms with E-state index in [2.05, 4.69) is 195 Å². The Morgan fingerprint density at radius 1 is 0.431 bits per heavy atom. The van der Waals surface area contributed by atoms with E-state index in [0.717, 1.165) is 17.1 Å². The van der Waals surface area contributed by atoms with Gasteiger partial charge in [-0.3, -0.25) is 0 Å². The summed E-state index contributed by atoms with van der Waals surface area (Å²) in [6.45, 7) is 4.72. The number of hydrogen-bond donors (Lipinski definition) is 0. The van der Waals surface area contributed by atoms with Crippen molar-refractivity contribution in [2.75, 3.05) is 4.90 Å². The number of hydrogen-bond acceptors (Lipinski definition) is 2. The standard InChI is InChI=1S/C49H35NS/c1-49(2)43-18-10-8-16-39(43)40-28-26-37(31-44(40)49)50(45-29-23-33-12-6-7-15-38(33)48(45)34-13-4-3-5-14-34)36-24-20-32(21-25-36)35-22-27-42-41-17-9-11-19-46(41)51-47(42)30-35/h3-31H,1-2H3. The molecule has 0 saturated carbocycles. The molecule has 9 aromatic rings. The largest absolute Gasteiger partial charge is 0.310 e. The lowest BCUT2D eigenvalue weighted by atomic mass is 9.82. The van der Waals surface area contributed by atoms with Crippen LogP contribution in [0.25, 0.3) is 64.3 Å². The van der Waals surface area contributed by atoms with Crippen LogP contribution in [-0.2, 0) is 5.41 Å². The molecule has 0 amide bonds. The molecular formula is C49H35NS. The normalized spacial score (nSPS) is 13.1. The van der Waals surface area contributed by atoms with Crippen LogP contribution in [0.5, 0.6) is 0 Å². The molecule has 0 atom stereocenters. The maximum absolute atomic E-state index is 2.47. The average molecular weight is 670 g/mol. The Morgan fingerprint density at radius 3 is 1.96 bits per heavy atom. The van der Waals surface area contributed by atoms with Crippen molar-refractivity contribution in [2.45, 2.75) is 19.3 Å². The first-order valence-corrected chi connectivity index (χ1v) is 18.5. The summed E-state index contributed by atoms with van der Waals surface area (Å²) in [7, 11) is 0. The number of thiophene rings is 1. The molecule has 0 radical (unpaired) electrons. The molecule has 0 saturated heterocycles. The zero-order valence-electron chi connectivity index (χ0n) is 28.6. The highest BCUT2D eigenvalue weighted by Crippen LogP contribution is 2.52. The minimum absolute atomic E-state index is 0.103. The zero-order valence-corrected chi connectivity index (χ0v) is 29.4. The average Bonchev–Trinajstić information content (AvgIpc) is 3.67. The summed E-state index contributed by atoms with van der Waals surface area (Å²) in [6.07, 6.45) is 0. The van der Waals surface area contributed by atoms with Gasteiger partial charge in [0.25, 0.3) is 0 Å². The van der Waals surface area contributed by atoms with Gasteiger partial charge in [0.1, 0.15) is 0 Å². The van der Waals surface area contributed by atoms with Crippen LogP contribution in [0.15, 0.2) is 176 Å². The summed E-state index contributed by atoms with van der Waals surface area (Å²) in [5.41, 5.74) is 13.6. The van der Waals surface area contributed by atoms with E-state index in [1.165, 1.54) is 75.5 Å². The van der Waals surface area contributed by atoms with Crippen molar-refractivity contribution in [2.24, 2.45) is 0 Å². The van der Waals surface area contributed by atoms with E-state index in [-0.39, 0.29) is 5.41 Å². The van der Waals surface area contributed by atoms with Gasteiger partial charge in [-0.15, -0.1) is 11.3 Å². The Bertz CT molecular complexity index is 2770. The predicted molar refractivity (Wildman–Crippen MR) is 220 cm³/mol. The summed E-state index contributed by atoms with van der Waals surface area (Å²) in [6, 6.07) is 64.9. The van der Waals surface area contributed by atoms with Crippen LogP contribution in [-0.4, -0.2) is 0 Å². The van der Waals surface area contributed by atoms with Gasteiger partial charge in [-0.2, -0.15) is 0 Å². The van der Waals surface area contributed by atoms with Crippen LogP contribution >= 0.6 is 11.3 Å². The number of fused-ring (bicyclic) bond motifs is 7. The molecule has 0 bridgehead atoms. The number of benzene rings is 8. The minimum Gasteiger partial charge on any atom is -0.310 e. The van der Waals surface area contributed by atoms with Crippen molar-refractivity contribution in [3.63, 3.8) is 0 Å². The highest BCUT2D eigenvalue weighted by molar-refractivity contribution is 7.25. The molecule has 1 aromatic heterocycles. The lowest BCUT2D eigenvalue weighted by Crippen LogP contribution is -2.17. The van der Waals surface area contributed by atoms with E-state index in [0.29, 0.717) is 0 Å².